The Kier molecular flexibility index (Phi) is 6.12. The molecular weight excluding hydrogens is 402 g/mol. The number of amides is 1. The van der Waals surface area contributed by atoms with Gasteiger partial charge in [0.05, 0.1) is 12.7 Å². The zero-order chi connectivity index (χ0) is 23.0. The smallest absolute Gasteiger partial charge is 0.251 e. The van der Waals surface area contributed by atoms with Gasteiger partial charge in [-0.25, -0.2) is 0 Å². The molecule has 6 heteroatoms. The minimum absolute atomic E-state index is 0.00284. The Morgan fingerprint density at radius 3 is 2.66 bits per heavy atom. The van der Waals surface area contributed by atoms with Crippen molar-refractivity contribution in [2.24, 2.45) is 0 Å². The molecule has 0 aliphatic carbocycles. The Morgan fingerprint density at radius 1 is 1.16 bits per heavy atom. The van der Waals surface area contributed by atoms with Crippen molar-refractivity contribution >= 4 is 16.8 Å². The molecule has 1 aromatic heterocycles. The van der Waals surface area contributed by atoms with Crippen LogP contribution in [0.4, 0.5) is 0 Å². The number of aliphatic hydroxyl groups excluding tert-OH is 2. The Labute approximate surface area is 189 Å². The summed E-state index contributed by atoms with van der Waals surface area (Å²) in [6, 6.07) is 14.3. The Hall–Kier alpha value is -2.67. The number of hydrogen-bond donors (Lipinski definition) is 4. The van der Waals surface area contributed by atoms with Gasteiger partial charge in [-0.2, -0.15) is 0 Å². The summed E-state index contributed by atoms with van der Waals surface area (Å²) < 4.78 is 0. The second-order valence-electron chi connectivity index (χ2n) is 10.0. The van der Waals surface area contributed by atoms with Gasteiger partial charge in [-0.1, -0.05) is 12.1 Å². The van der Waals surface area contributed by atoms with Crippen molar-refractivity contribution in [3.8, 4) is 11.1 Å². The topological polar surface area (TPSA) is 88.6 Å². The molecule has 0 radical (unpaired) electrons. The van der Waals surface area contributed by atoms with Crippen LogP contribution in [-0.4, -0.2) is 56.8 Å². The van der Waals surface area contributed by atoms with Crippen LogP contribution in [0.5, 0.6) is 0 Å². The van der Waals surface area contributed by atoms with E-state index in [0.717, 1.165) is 33.3 Å². The maximum absolute atomic E-state index is 12.7. The molecule has 4 rings (SSSR count). The van der Waals surface area contributed by atoms with Gasteiger partial charge in [0.25, 0.3) is 5.91 Å². The Bertz CT molecular complexity index is 1130. The molecule has 2 atom stereocenters. The monoisotopic (exact) mass is 435 g/mol. The van der Waals surface area contributed by atoms with Crippen LogP contribution in [0.15, 0.2) is 42.5 Å². The minimum Gasteiger partial charge on any atom is -0.395 e. The van der Waals surface area contributed by atoms with Gasteiger partial charge >= 0.3 is 0 Å². The van der Waals surface area contributed by atoms with Gasteiger partial charge in [0.1, 0.15) is 0 Å². The Morgan fingerprint density at radius 2 is 1.94 bits per heavy atom. The largest absolute Gasteiger partial charge is 0.395 e. The van der Waals surface area contributed by atoms with E-state index in [2.05, 4.69) is 45.5 Å². The van der Waals surface area contributed by atoms with E-state index in [9.17, 15) is 15.0 Å². The van der Waals surface area contributed by atoms with Gasteiger partial charge in [-0.3, -0.25) is 9.69 Å². The van der Waals surface area contributed by atoms with Gasteiger partial charge in [-0.15, -0.1) is 0 Å². The van der Waals surface area contributed by atoms with Crippen LogP contribution in [0, 0.1) is 6.92 Å². The third kappa shape index (κ3) is 5.04. The van der Waals surface area contributed by atoms with Crippen LogP contribution in [0.25, 0.3) is 22.0 Å². The van der Waals surface area contributed by atoms with E-state index < -0.39 is 0 Å². The lowest BCUT2D eigenvalue weighted by Gasteiger charge is -2.21. The number of nitrogens with zero attached hydrogens (tertiary/aromatic N) is 1. The van der Waals surface area contributed by atoms with Crippen molar-refractivity contribution in [1.82, 2.24) is 15.2 Å². The van der Waals surface area contributed by atoms with Crippen molar-refractivity contribution in [2.75, 3.05) is 13.2 Å². The SMILES string of the molecule is Cc1cc(C(=O)NC(C)(C)C)cc(-c2ccc3[nH]c(CN4C[C@@H](O)C[C@@H]4CO)cc3c2)c1. The normalized spacial score (nSPS) is 19.6. The first kappa shape index (κ1) is 22.5. The number of fused-ring (bicyclic) bond motifs is 1. The lowest BCUT2D eigenvalue weighted by atomic mass is 9.98. The average molecular weight is 436 g/mol. The fourth-order valence-corrected chi connectivity index (χ4v) is 4.51. The molecule has 2 aromatic carbocycles. The molecule has 170 valence electrons. The highest BCUT2D eigenvalue weighted by molar-refractivity contribution is 5.96. The number of β-amino-alcohol motifs (C(OH)–C–C–N with tert-alkyl or cyclic N) is 1. The summed E-state index contributed by atoms with van der Waals surface area (Å²) >= 11 is 0. The first-order chi connectivity index (χ1) is 15.1. The number of rotatable bonds is 5. The van der Waals surface area contributed by atoms with Gasteiger partial charge < -0.3 is 20.5 Å². The first-order valence-corrected chi connectivity index (χ1v) is 11.2. The summed E-state index contributed by atoms with van der Waals surface area (Å²) in [6.07, 6.45) is 0.230. The number of nitrogens with one attached hydrogen (secondary N) is 2. The molecule has 0 saturated carbocycles. The molecule has 1 fully saturated rings. The molecule has 0 bridgehead atoms. The highest BCUT2D eigenvalue weighted by Gasteiger charge is 2.30. The highest BCUT2D eigenvalue weighted by Crippen LogP contribution is 2.28. The van der Waals surface area contributed by atoms with Crippen LogP contribution in [-0.2, 0) is 6.54 Å². The molecule has 6 nitrogen and oxygen atoms in total. The van der Waals surface area contributed by atoms with E-state index >= 15 is 0 Å². The molecule has 1 aliphatic heterocycles. The van der Waals surface area contributed by atoms with E-state index in [1.54, 1.807) is 0 Å². The molecule has 32 heavy (non-hydrogen) atoms. The number of aliphatic hydroxyl groups is 2. The van der Waals surface area contributed by atoms with Gasteiger partial charge in [0, 0.05) is 46.8 Å². The number of aryl methyl sites for hydroxylation is 1. The van der Waals surface area contributed by atoms with E-state index in [4.69, 9.17) is 0 Å². The lowest BCUT2D eigenvalue weighted by Crippen LogP contribution is -2.40. The van der Waals surface area contributed by atoms with Crippen molar-refractivity contribution in [2.45, 2.75) is 58.3 Å². The van der Waals surface area contributed by atoms with Crippen molar-refractivity contribution in [3.05, 3.63) is 59.3 Å². The molecule has 0 unspecified atom stereocenters. The predicted molar refractivity (Wildman–Crippen MR) is 128 cm³/mol. The number of aromatic nitrogens is 1. The summed E-state index contributed by atoms with van der Waals surface area (Å²) in [4.78, 5) is 18.3. The standard InChI is InChI=1S/C26H33N3O3/c1-16-7-18(10-20(8-16)25(32)28-26(2,3)4)17-5-6-24-19(9-17)11-21(27-24)13-29-14-23(31)12-22(29)15-30/h5-11,22-23,27,30-31H,12-15H2,1-4H3,(H,28,32)/t22-,23+/m1/s1. The molecule has 4 N–H and O–H groups in total. The van der Waals surface area contributed by atoms with Crippen LogP contribution in [0.1, 0.15) is 48.8 Å². The maximum Gasteiger partial charge on any atom is 0.251 e. The van der Waals surface area contributed by atoms with Gasteiger partial charge in [0.15, 0.2) is 0 Å². The van der Waals surface area contributed by atoms with Crippen molar-refractivity contribution < 1.29 is 15.0 Å². The zero-order valence-electron chi connectivity index (χ0n) is 19.3. The Balaban J connectivity index is 1.60. The molecule has 1 saturated heterocycles. The quantitative estimate of drug-likeness (QED) is 0.493. The van der Waals surface area contributed by atoms with Gasteiger partial charge in [0.2, 0.25) is 0 Å². The third-order valence-electron chi connectivity index (χ3n) is 5.93. The molecular formula is C26H33N3O3. The number of hydrogen-bond acceptors (Lipinski definition) is 4. The number of H-pyrrole nitrogens is 1. The lowest BCUT2D eigenvalue weighted by molar-refractivity contribution is 0.0919. The van der Waals surface area contributed by atoms with Crippen LogP contribution >= 0.6 is 0 Å². The molecule has 1 amide bonds. The number of likely N-dealkylation sites (tertiary alicyclic amines) is 1. The summed E-state index contributed by atoms with van der Waals surface area (Å²) in [5.74, 6) is -0.0707. The maximum atomic E-state index is 12.7. The second kappa shape index (κ2) is 8.70. The second-order valence-corrected chi connectivity index (χ2v) is 10.0. The number of aromatic amines is 1. The molecule has 2 heterocycles. The van der Waals surface area contributed by atoms with Crippen LogP contribution in [0.2, 0.25) is 0 Å². The van der Waals surface area contributed by atoms with Crippen LogP contribution in [0.3, 0.4) is 0 Å². The van der Waals surface area contributed by atoms with E-state index in [1.807, 2.05) is 39.8 Å². The highest BCUT2D eigenvalue weighted by atomic mass is 16.3. The number of carbonyl (C=O) groups is 1. The van der Waals surface area contributed by atoms with E-state index in [1.165, 1.54) is 0 Å². The third-order valence-corrected chi connectivity index (χ3v) is 5.93. The minimum atomic E-state index is -0.380. The van der Waals surface area contributed by atoms with Gasteiger partial charge in [-0.05, 0) is 81.1 Å². The summed E-state index contributed by atoms with van der Waals surface area (Å²) in [5, 5.41) is 23.7. The number of benzene rings is 2. The fraction of sp³-hybridized carbons (Fsp3) is 0.423. The number of carbonyl (C=O) groups excluding carboxylic acids is 1. The zero-order valence-corrected chi connectivity index (χ0v) is 19.3. The summed E-state index contributed by atoms with van der Waals surface area (Å²) in [5.41, 5.74) is 5.58. The van der Waals surface area contributed by atoms with Crippen molar-refractivity contribution in [3.63, 3.8) is 0 Å². The fourth-order valence-electron chi connectivity index (χ4n) is 4.51. The van der Waals surface area contributed by atoms with Crippen molar-refractivity contribution in [1.29, 1.82) is 0 Å². The average Bonchev–Trinajstić information content (AvgIpc) is 3.27. The summed E-state index contributed by atoms with van der Waals surface area (Å²) in [7, 11) is 0. The van der Waals surface area contributed by atoms with E-state index in [-0.39, 0.29) is 30.2 Å². The first-order valence-electron chi connectivity index (χ1n) is 11.2. The summed E-state index contributed by atoms with van der Waals surface area (Å²) in [6.45, 7) is 9.23. The molecule has 0 spiro atoms. The molecule has 3 aromatic rings. The van der Waals surface area contributed by atoms with E-state index in [0.29, 0.717) is 25.1 Å². The van der Waals surface area contributed by atoms with Crippen LogP contribution < -0.4 is 5.32 Å². The predicted octanol–water partition coefficient (Wildman–Crippen LogP) is 3.60. The molecule has 1 aliphatic rings.